The second-order valence-corrected chi connectivity index (χ2v) is 8.95. The average Bonchev–Trinajstić information content (AvgIpc) is 3.64. The quantitative estimate of drug-likeness (QED) is 0.464. The molecule has 0 aliphatic carbocycles. The monoisotopic (exact) mass is 456 g/mol. The zero-order valence-corrected chi connectivity index (χ0v) is 18.9. The largest absolute Gasteiger partial charge is 0.350 e. The molecule has 2 aromatic heterocycles. The predicted octanol–water partition coefficient (Wildman–Crippen LogP) is 4.52. The smallest absolute Gasteiger partial charge is 0.264 e. The van der Waals surface area contributed by atoms with Crippen molar-refractivity contribution in [3.63, 3.8) is 0 Å². The number of benzene rings is 2. The van der Waals surface area contributed by atoms with E-state index in [9.17, 15) is 9.59 Å². The summed E-state index contributed by atoms with van der Waals surface area (Å²) < 4.78 is 1.84. The van der Waals surface area contributed by atoms with Crippen molar-refractivity contribution in [2.75, 3.05) is 6.54 Å². The van der Waals surface area contributed by atoms with E-state index in [4.69, 9.17) is 5.10 Å². The SMILES string of the molecule is O=C(NCc1cn(-c2ccccc2)nc1-c1ccccc1)[C@@H]1CCCN1C(=O)c1cccs1. The number of rotatable bonds is 6. The number of aromatic nitrogens is 2. The Kier molecular flexibility index (Phi) is 6.04. The topological polar surface area (TPSA) is 67.2 Å². The van der Waals surface area contributed by atoms with Gasteiger partial charge in [0.1, 0.15) is 6.04 Å². The Morgan fingerprint density at radius 3 is 2.48 bits per heavy atom. The van der Waals surface area contributed by atoms with Crippen LogP contribution in [0.1, 0.15) is 28.1 Å². The van der Waals surface area contributed by atoms with Crippen molar-refractivity contribution in [3.8, 4) is 16.9 Å². The minimum atomic E-state index is -0.441. The molecular formula is C26H24N4O2S. The van der Waals surface area contributed by atoms with E-state index in [1.54, 1.807) is 4.90 Å². The van der Waals surface area contributed by atoms with Crippen LogP contribution in [-0.2, 0) is 11.3 Å². The van der Waals surface area contributed by atoms with Crippen LogP contribution >= 0.6 is 11.3 Å². The molecule has 1 saturated heterocycles. The average molecular weight is 457 g/mol. The third-order valence-electron chi connectivity index (χ3n) is 5.86. The summed E-state index contributed by atoms with van der Waals surface area (Å²) in [6.45, 7) is 0.948. The molecule has 2 amide bonds. The first kappa shape index (κ1) is 21.2. The molecule has 6 nitrogen and oxygen atoms in total. The molecule has 0 unspecified atom stereocenters. The summed E-state index contributed by atoms with van der Waals surface area (Å²) in [6.07, 6.45) is 3.47. The van der Waals surface area contributed by atoms with Crippen LogP contribution in [-0.4, -0.2) is 39.1 Å². The Morgan fingerprint density at radius 2 is 1.76 bits per heavy atom. The summed E-state index contributed by atoms with van der Waals surface area (Å²) in [5, 5.41) is 9.75. The number of thiophene rings is 1. The fraction of sp³-hybridized carbons (Fsp3) is 0.192. The van der Waals surface area contributed by atoms with Crippen LogP contribution in [0.2, 0.25) is 0 Å². The van der Waals surface area contributed by atoms with Gasteiger partial charge in [-0.1, -0.05) is 54.6 Å². The van der Waals surface area contributed by atoms with E-state index in [0.29, 0.717) is 24.4 Å². The zero-order chi connectivity index (χ0) is 22.6. The number of amides is 2. The molecule has 5 rings (SSSR count). The van der Waals surface area contributed by atoms with Crippen LogP contribution in [0.25, 0.3) is 16.9 Å². The molecule has 1 fully saturated rings. The number of hydrogen-bond acceptors (Lipinski definition) is 4. The van der Waals surface area contributed by atoms with Gasteiger partial charge in [-0.2, -0.15) is 5.10 Å². The lowest BCUT2D eigenvalue weighted by molar-refractivity contribution is -0.125. The van der Waals surface area contributed by atoms with Gasteiger partial charge in [-0.05, 0) is 36.4 Å². The van der Waals surface area contributed by atoms with Gasteiger partial charge in [0.25, 0.3) is 5.91 Å². The maximum atomic E-state index is 13.1. The molecule has 166 valence electrons. The number of para-hydroxylation sites is 1. The van der Waals surface area contributed by atoms with Gasteiger partial charge in [0.05, 0.1) is 16.3 Å². The summed E-state index contributed by atoms with van der Waals surface area (Å²) in [6, 6.07) is 23.1. The number of likely N-dealkylation sites (tertiary alicyclic amines) is 1. The predicted molar refractivity (Wildman–Crippen MR) is 129 cm³/mol. The third kappa shape index (κ3) is 4.45. The minimum Gasteiger partial charge on any atom is -0.350 e. The fourth-order valence-corrected chi connectivity index (χ4v) is 4.89. The number of carbonyl (C=O) groups excluding carboxylic acids is 2. The van der Waals surface area contributed by atoms with Crippen LogP contribution in [0.5, 0.6) is 0 Å². The number of hydrogen-bond donors (Lipinski definition) is 1. The first-order chi connectivity index (χ1) is 16.2. The molecule has 1 aliphatic heterocycles. The number of nitrogens with one attached hydrogen (secondary N) is 1. The lowest BCUT2D eigenvalue weighted by Crippen LogP contribution is -2.45. The molecule has 1 N–H and O–H groups in total. The molecule has 0 saturated carbocycles. The lowest BCUT2D eigenvalue weighted by Gasteiger charge is -2.23. The van der Waals surface area contributed by atoms with Crippen LogP contribution in [0.15, 0.2) is 84.4 Å². The molecule has 0 bridgehead atoms. The van der Waals surface area contributed by atoms with Gasteiger partial charge in [0.15, 0.2) is 0 Å². The van der Waals surface area contributed by atoms with E-state index < -0.39 is 6.04 Å². The highest BCUT2D eigenvalue weighted by Gasteiger charge is 2.34. The van der Waals surface area contributed by atoms with Crippen molar-refractivity contribution in [2.45, 2.75) is 25.4 Å². The first-order valence-electron chi connectivity index (χ1n) is 11.0. The van der Waals surface area contributed by atoms with E-state index in [0.717, 1.165) is 28.9 Å². The van der Waals surface area contributed by atoms with Gasteiger partial charge < -0.3 is 10.2 Å². The Hall–Kier alpha value is -3.71. The lowest BCUT2D eigenvalue weighted by atomic mass is 10.1. The summed E-state index contributed by atoms with van der Waals surface area (Å²) in [5.41, 5.74) is 3.70. The second-order valence-electron chi connectivity index (χ2n) is 8.00. The fourth-order valence-electron chi connectivity index (χ4n) is 4.22. The number of carbonyl (C=O) groups is 2. The molecule has 7 heteroatoms. The Bertz CT molecular complexity index is 1240. The highest BCUT2D eigenvalue weighted by Crippen LogP contribution is 2.25. The highest BCUT2D eigenvalue weighted by atomic mass is 32.1. The molecule has 0 radical (unpaired) electrons. The zero-order valence-electron chi connectivity index (χ0n) is 18.1. The van der Waals surface area contributed by atoms with Crippen molar-refractivity contribution in [2.24, 2.45) is 0 Å². The van der Waals surface area contributed by atoms with E-state index >= 15 is 0 Å². The standard InChI is InChI=1S/C26H24N4O2S/c31-25(22-13-7-15-29(22)26(32)23-14-8-16-33-23)27-17-20-18-30(21-11-5-2-6-12-21)28-24(20)19-9-3-1-4-10-19/h1-6,8-12,14,16,18,22H,7,13,15,17H2,(H,27,31)/t22-/m0/s1. The van der Waals surface area contributed by atoms with Gasteiger partial charge >= 0.3 is 0 Å². The van der Waals surface area contributed by atoms with Crippen LogP contribution in [0, 0.1) is 0 Å². The van der Waals surface area contributed by atoms with Crippen LogP contribution in [0.4, 0.5) is 0 Å². The van der Waals surface area contributed by atoms with E-state index in [1.165, 1.54) is 11.3 Å². The van der Waals surface area contributed by atoms with E-state index in [-0.39, 0.29) is 11.8 Å². The molecular weight excluding hydrogens is 432 g/mol. The summed E-state index contributed by atoms with van der Waals surface area (Å²) in [5.74, 6) is -0.187. The van der Waals surface area contributed by atoms with E-state index in [1.807, 2.05) is 89.1 Å². The van der Waals surface area contributed by atoms with Gasteiger partial charge in [0, 0.05) is 30.4 Å². The minimum absolute atomic E-state index is 0.0653. The number of nitrogens with zero attached hydrogens (tertiary/aromatic N) is 3. The Labute approximate surface area is 196 Å². The molecule has 4 aromatic rings. The highest BCUT2D eigenvalue weighted by molar-refractivity contribution is 7.12. The molecule has 2 aromatic carbocycles. The van der Waals surface area contributed by atoms with Crippen LogP contribution < -0.4 is 5.32 Å². The second kappa shape index (κ2) is 9.42. The van der Waals surface area contributed by atoms with Crippen molar-refractivity contribution < 1.29 is 9.59 Å². The maximum Gasteiger partial charge on any atom is 0.264 e. The van der Waals surface area contributed by atoms with Crippen molar-refractivity contribution in [3.05, 3.63) is 94.8 Å². The Morgan fingerprint density at radius 1 is 1.00 bits per heavy atom. The van der Waals surface area contributed by atoms with Crippen molar-refractivity contribution >= 4 is 23.2 Å². The summed E-state index contributed by atoms with van der Waals surface area (Å²) in [4.78, 5) is 28.3. The van der Waals surface area contributed by atoms with Crippen molar-refractivity contribution in [1.82, 2.24) is 20.0 Å². The van der Waals surface area contributed by atoms with E-state index in [2.05, 4.69) is 5.32 Å². The van der Waals surface area contributed by atoms with Crippen molar-refractivity contribution in [1.29, 1.82) is 0 Å². The molecule has 33 heavy (non-hydrogen) atoms. The van der Waals surface area contributed by atoms with Crippen LogP contribution in [0.3, 0.4) is 0 Å². The normalized spacial score (nSPS) is 15.5. The maximum absolute atomic E-state index is 13.1. The van der Waals surface area contributed by atoms with Gasteiger partial charge in [-0.3, -0.25) is 9.59 Å². The summed E-state index contributed by atoms with van der Waals surface area (Å²) in [7, 11) is 0. The third-order valence-corrected chi connectivity index (χ3v) is 6.72. The van der Waals surface area contributed by atoms with Gasteiger partial charge in [-0.25, -0.2) is 4.68 Å². The van der Waals surface area contributed by atoms with Gasteiger partial charge in [0.2, 0.25) is 5.91 Å². The first-order valence-corrected chi connectivity index (χ1v) is 11.9. The summed E-state index contributed by atoms with van der Waals surface area (Å²) >= 11 is 1.41. The molecule has 0 spiro atoms. The molecule has 1 atom stereocenters. The molecule has 1 aliphatic rings. The van der Waals surface area contributed by atoms with Gasteiger partial charge in [-0.15, -0.1) is 11.3 Å². The Balaban J connectivity index is 1.36. The molecule has 3 heterocycles.